The second-order valence-electron chi connectivity index (χ2n) is 2.22. The van der Waals surface area contributed by atoms with Crippen molar-refractivity contribution in [3.05, 3.63) is 32.8 Å². The Balaban J connectivity index is 3.45. The number of rotatable bonds is 2. The average Bonchev–Trinajstić information content (AvgIpc) is 2.08. The zero-order valence-electron chi connectivity index (χ0n) is 6.38. The first-order valence-corrected chi connectivity index (χ1v) is 3.59. The summed E-state index contributed by atoms with van der Waals surface area (Å²) in [6.45, 7) is 0. The van der Waals surface area contributed by atoms with Gasteiger partial charge in [0.2, 0.25) is 5.95 Å². The largest absolute Gasteiger partial charge is 0.298 e. The zero-order valence-corrected chi connectivity index (χ0v) is 7.13. The van der Waals surface area contributed by atoms with Crippen LogP contribution in [0.4, 0.5) is 18.9 Å². The van der Waals surface area contributed by atoms with Gasteiger partial charge in [-0.25, -0.2) is 13.8 Å². The van der Waals surface area contributed by atoms with Crippen molar-refractivity contribution in [3.63, 3.8) is 0 Å². The maximum Gasteiger partial charge on any atom is 0.298 e. The Hall–Kier alpha value is -1.37. The van der Waals surface area contributed by atoms with Crippen LogP contribution in [0.25, 0.3) is 0 Å². The lowest BCUT2D eigenvalue weighted by atomic mass is 10.2. The van der Waals surface area contributed by atoms with Gasteiger partial charge in [0.05, 0.1) is 4.92 Å². The Morgan fingerprint density at radius 1 is 1.57 bits per heavy atom. The van der Waals surface area contributed by atoms with Gasteiger partial charge in [0.1, 0.15) is 16.8 Å². The standard InChI is InChI=1S/C6H2ClF3N2O2/c7-4-3(5(8)9)2(12(13)14)1-11-6(4)10/h1,5H. The third-order valence-electron chi connectivity index (χ3n) is 1.41. The van der Waals surface area contributed by atoms with Crippen molar-refractivity contribution in [2.45, 2.75) is 6.43 Å². The summed E-state index contributed by atoms with van der Waals surface area (Å²) < 4.78 is 37.1. The van der Waals surface area contributed by atoms with Crippen molar-refractivity contribution in [2.24, 2.45) is 0 Å². The SMILES string of the molecule is O=[N+]([O-])c1cnc(F)c(Cl)c1C(F)F. The van der Waals surface area contributed by atoms with E-state index < -0.39 is 33.6 Å². The molecule has 76 valence electrons. The number of hydrogen-bond donors (Lipinski definition) is 0. The van der Waals surface area contributed by atoms with Crippen LogP contribution in [-0.2, 0) is 0 Å². The molecule has 0 radical (unpaired) electrons. The lowest BCUT2D eigenvalue weighted by molar-refractivity contribution is -0.386. The highest BCUT2D eigenvalue weighted by Gasteiger charge is 2.28. The molecule has 0 aliphatic carbocycles. The number of aromatic nitrogens is 1. The van der Waals surface area contributed by atoms with Crippen LogP contribution in [0, 0.1) is 16.1 Å². The predicted octanol–water partition coefficient (Wildman–Crippen LogP) is 2.72. The number of nitrogens with zero attached hydrogens (tertiary/aromatic N) is 2. The van der Waals surface area contributed by atoms with E-state index in [2.05, 4.69) is 4.98 Å². The van der Waals surface area contributed by atoms with E-state index >= 15 is 0 Å². The number of pyridine rings is 1. The highest BCUT2D eigenvalue weighted by atomic mass is 35.5. The third kappa shape index (κ3) is 1.77. The topological polar surface area (TPSA) is 56.0 Å². The van der Waals surface area contributed by atoms with Crippen molar-refractivity contribution >= 4 is 17.3 Å². The monoisotopic (exact) mass is 226 g/mol. The lowest BCUT2D eigenvalue weighted by Gasteiger charge is -2.03. The Labute approximate surface area is 80.5 Å². The Morgan fingerprint density at radius 3 is 2.57 bits per heavy atom. The molecule has 0 aromatic carbocycles. The van der Waals surface area contributed by atoms with Crippen molar-refractivity contribution in [2.75, 3.05) is 0 Å². The minimum Gasteiger partial charge on any atom is -0.258 e. The molecule has 1 aromatic heterocycles. The highest BCUT2D eigenvalue weighted by Crippen LogP contribution is 2.35. The molecule has 0 N–H and O–H groups in total. The normalized spacial score (nSPS) is 10.6. The zero-order chi connectivity index (χ0) is 10.9. The van der Waals surface area contributed by atoms with E-state index in [1.165, 1.54) is 0 Å². The number of halogens is 4. The Kier molecular flexibility index (Phi) is 2.90. The molecule has 0 unspecified atom stereocenters. The molecule has 1 heterocycles. The molecule has 4 nitrogen and oxygen atoms in total. The Morgan fingerprint density at radius 2 is 2.14 bits per heavy atom. The summed E-state index contributed by atoms with van der Waals surface area (Å²) >= 11 is 5.12. The minimum absolute atomic E-state index is 0.405. The van der Waals surface area contributed by atoms with Crippen molar-refractivity contribution in [3.8, 4) is 0 Å². The molecule has 0 aliphatic heterocycles. The molecule has 0 amide bonds. The van der Waals surface area contributed by atoms with E-state index in [9.17, 15) is 23.3 Å². The fourth-order valence-electron chi connectivity index (χ4n) is 0.821. The first-order chi connectivity index (χ1) is 6.45. The fraction of sp³-hybridized carbons (Fsp3) is 0.167. The summed E-state index contributed by atoms with van der Waals surface area (Å²) in [5.74, 6) is -1.35. The van der Waals surface area contributed by atoms with Crippen LogP contribution >= 0.6 is 11.6 Å². The lowest BCUT2D eigenvalue weighted by Crippen LogP contribution is -2.00. The molecule has 8 heteroatoms. The molecule has 1 aromatic rings. The minimum atomic E-state index is -3.22. The molecule has 0 atom stereocenters. The van der Waals surface area contributed by atoms with Crippen molar-refractivity contribution in [1.82, 2.24) is 4.98 Å². The van der Waals surface area contributed by atoms with Gasteiger partial charge in [-0.3, -0.25) is 10.1 Å². The molecule has 0 aliphatic rings. The molecule has 1 rings (SSSR count). The molecule has 14 heavy (non-hydrogen) atoms. The van der Waals surface area contributed by atoms with E-state index in [1.54, 1.807) is 0 Å². The van der Waals surface area contributed by atoms with Crippen LogP contribution in [0.5, 0.6) is 0 Å². The summed E-state index contributed by atoms with van der Waals surface area (Å²) in [7, 11) is 0. The van der Waals surface area contributed by atoms with Gasteiger partial charge in [0, 0.05) is 0 Å². The van der Waals surface area contributed by atoms with Crippen LogP contribution in [0.1, 0.15) is 12.0 Å². The second-order valence-corrected chi connectivity index (χ2v) is 2.60. The van der Waals surface area contributed by atoms with Crippen LogP contribution < -0.4 is 0 Å². The van der Waals surface area contributed by atoms with Gasteiger partial charge in [-0.05, 0) is 0 Å². The number of alkyl halides is 2. The average molecular weight is 227 g/mol. The summed E-state index contributed by atoms with van der Waals surface area (Å²) in [4.78, 5) is 12.0. The molecule has 0 fully saturated rings. The van der Waals surface area contributed by atoms with Gasteiger partial charge in [-0.1, -0.05) is 11.6 Å². The van der Waals surface area contributed by atoms with Crippen molar-refractivity contribution in [1.29, 1.82) is 0 Å². The smallest absolute Gasteiger partial charge is 0.258 e. The molecular weight excluding hydrogens is 225 g/mol. The van der Waals surface area contributed by atoms with Gasteiger partial charge >= 0.3 is 0 Å². The van der Waals surface area contributed by atoms with Crippen molar-refractivity contribution < 1.29 is 18.1 Å². The van der Waals surface area contributed by atoms with E-state index in [1.807, 2.05) is 0 Å². The first kappa shape index (κ1) is 10.7. The van der Waals surface area contributed by atoms with Gasteiger partial charge < -0.3 is 0 Å². The molecule has 0 spiro atoms. The molecular formula is C6H2ClF3N2O2. The van der Waals surface area contributed by atoms with E-state index in [0.717, 1.165) is 0 Å². The first-order valence-electron chi connectivity index (χ1n) is 3.21. The van der Waals surface area contributed by atoms with E-state index in [-0.39, 0.29) is 0 Å². The number of nitro groups is 1. The van der Waals surface area contributed by atoms with E-state index in [4.69, 9.17) is 11.6 Å². The van der Waals surface area contributed by atoms with Gasteiger partial charge in [-0.15, -0.1) is 0 Å². The van der Waals surface area contributed by atoms with Gasteiger partial charge in [0.15, 0.2) is 0 Å². The van der Waals surface area contributed by atoms with Crippen LogP contribution in [0.2, 0.25) is 5.02 Å². The molecule has 0 bridgehead atoms. The summed E-state index contributed by atoms with van der Waals surface area (Å²) in [5, 5.41) is 9.22. The quantitative estimate of drug-likeness (QED) is 0.443. The van der Waals surface area contributed by atoms with Crippen LogP contribution in [0.15, 0.2) is 6.20 Å². The van der Waals surface area contributed by atoms with Gasteiger partial charge in [0.25, 0.3) is 12.1 Å². The fourth-order valence-corrected chi connectivity index (χ4v) is 1.05. The van der Waals surface area contributed by atoms with Crippen LogP contribution in [0.3, 0.4) is 0 Å². The van der Waals surface area contributed by atoms with Gasteiger partial charge in [-0.2, -0.15) is 4.39 Å². The molecule has 0 saturated carbocycles. The number of hydrogen-bond acceptors (Lipinski definition) is 3. The second kappa shape index (κ2) is 3.79. The summed E-state index contributed by atoms with van der Waals surface area (Å²) in [6.07, 6.45) is -2.82. The predicted molar refractivity (Wildman–Crippen MR) is 40.8 cm³/mol. The van der Waals surface area contributed by atoms with E-state index in [0.29, 0.717) is 6.20 Å². The van der Waals surface area contributed by atoms with Crippen LogP contribution in [-0.4, -0.2) is 9.91 Å². The highest BCUT2D eigenvalue weighted by molar-refractivity contribution is 6.31. The maximum absolute atomic E-state index is 12.6. The Bertz CT molecular complexity index is 386. The molecule has 0 saturated heterocycles. The third-order valence-corrected chi connectivity index (χ3v) is 1.77. The summed E-state index contributed by atoms with van der Waals surface area (Å²) in [5.41, 5.74) is -2.14. The maximum atomic E-state index is 12.6. The summed E-state index contributed by atoms with van der Waals surface area (Å²) in [6, 6.07) is 0.